The number of nitrogens with two attached hydrogens (primary N) is 3. The van der Waals surface area contributed by atoms with Gasteiger partial charge in [-0.1, -0.05) is 26.2 Å². The molecule has 1 rings (SSSR count). The Morgan fingerprint density at radius 3 is 2.47 bits per heavy atom. The highest BCUT2D eigenvalue weighted by Gasteiger charge is 2.06. The second-order valence-electron chi connectivity index (χ2n) is 3.81. The third kappa shape index (κ3) is 3.31. The van der Waals surface area contributed by atoms with Crippen molar-refractivity contribution < 1.29 is 0 Å². The maximum Gasteiger partial charge on any atom is 0.131 e. The van der Waals surface area contributed by atoms with E-state index in [0.29, 0.717) is 17.3 Å². The van der Waals surface area contributed by atoms with Gasteiger partial charge in [-0.15, -0.1) is 0 Å². The Kier molecular flexibility index (Phi) is 4.21. The lowest BCUT2D eigenvalue weighted by atomic mass is 10.1. The Morgan fingerprint density at radius 2 is 1.87 bits per heavy atom. The van der Waals surface area contributed by atoms with Gasteiger partial charge in [0.05, 0.1) is 0 Å². The minimum absolute atomic E-state index is 0.391. The van der Waals surface area contributed by atoms with Crippen LogP contribution in [0.5, 0.6) is 0 Å². The lowest BCUT2D eigenvalue weighted by Gasteiger charge is -2.09. The number of nitrogen functional groups attached to an aromatic ring is 3. The van der Waals surface area contributed by atoms with Gasteiger partial charge in [-0.2, -0.15) is 0 Å². The van der Waals surface area contributed by atoms with E-state index in [1.165, 1.54) is 19.3 Å². The minimum atomic E-state index is 0.391. The topological polar surface area (TPSA) is 91.0 Å². The van der Waals surface area contributed by atoms with Crippen LogP contribution in [0, 0.1) is 0 Å². The van der Waals surface area contributed by atoms with Gasteiger partial charge in [-0.3, -0.25) is 0 Å². The van der Waals surface area contributed by atoms with Crippen molar-refractivity contribution in [1.29, 1.82) is 0 Å². The molecule has 0 aliphatic carbocycles. The molecule has 1 aromatic heterocycles. The molecule has 1 heterocycles. The highest BCUT2D eigenvalue weighted by Crippen LogP contribution is 2.22. The first-order valence-corrected chi connectivity index (χ1v) is 5.45. The molecule has 0 saturated carbocycles. The maximum atomic E-state index is 5.84. The Morgan fingerprint density at radius 1 is 1.13 bits per heavy atom. The molecule has 0 aliphatic rings. The van der Waals surface area contributed by atoms with Crippen LogP contribution in [0.15, 0.2) is 6.07 Å². The highest BCUT2D eigenvalue weighted by molar-refractivity contribution is 5.62. The van der Waals surface area contributed by atoms with Crippen LogP contribution in [0.4, 0.5) is 17.3 Å². The SMILES string of the molecule is CCCCCCc1c(N)cc(N)nc1N. The quantitative estimate of drug-likeness (QED) is 0.645. The van der Waals surface area contributed by atoms with Crippen molar-refractivity contribution in [3.63, 3.8) is 0 Å². The third-order valence-corrected chi connectivity index (χ3v) is 2.49. The van der Waals surface area contributed by atoms with E-state index >= 15 is 0 Å². The summed E-state index contributed by atoms with van der Waals surface area (Å²) in [5, 5.41) is 0. The van der Waals surface area contributed by atoms with Crippen LogP contribution in [-0.2, 0) is 6.42 Å². The lowest BCUT2D eigenvalue weighted by Crippen LogP contribution is -2.05. The molecule has 15 heavy (non-hydrogen) atoms. The van der Waals surface area contributed by atoms with Crippen LogP contribution in [0.3, 0.4) is 0 Å². The zero-order chi connectivity index (χ0) is 11.3. The molecule has 4 nitrogen and oxygen atoms in total. The molecule has 1 aromatic rings. The highest BCUT2D eigenvalue weighted by atomic mass is 14.9. The van der Waals surface area contributed by atoms with E-state index in [2.05, 4.69) is 11.9 Å². The van der Waals surface area contributed by atoms with Gasteiger partial charge in [-0.05, 0) is 12.8 Å². The van der Waals surface area contributed by atoms with Gasteiger partial charge < -0.3 is 17.2 Å². The number of hydrogen-bond donors (Lipinski definition) is 3. The Hall–Kier alpha value is -1.45. The second-order valence-corrected chi connectivity index (χ2v) is 3.81. The standard InChI is InChI=1S/C11H20N4/c1-2-3-4-5-6-8-9(12)7-10(13)15-11(8)14/h7H,2-6H2,1H3,(H6,12,13,14,15). The molecule has 0 aliphatic heterocycles. The molecule has 6 N–H and O–H groups in total. The van der Waals surface area contributed by atoms with E-state index < -0.39 is 0 Å². The predicted octanol–water partition coefficient (Wildman–Crippen LogP) is 1.95. The maximum absolute atomic E-state index is 5.84. The smallest absolute Gasteiger partial charge is 0.131 e. The van der Waals surface area contributed by atoms with E-state index in [9.17, 15) is 0 Å². The van der Waals surface area contributed by atoms with Crippen LogP contribution in [-0.4, -0.2) is 4.98 Å². The van der Waals surface area contributed by atoms with Crippen molar-refractivity contribution in [3.05, 3.63) is 11.6 Å². The summed E-state index contributed by atoms with van der Waals surface area (Å²) in [5.41, 5.74) is 18.7. The van der Waals surface area contributed by atoms with Crippen LogP contribution in [0.1, 0.15) is 38.2 Å². The summed E-state index contributed by atoms with van der Waals surface area (Å²) < 4.78 is 0. The molecule has 0 bridgehead atoms. The first-order chi connectivity index (χ1) is 7.15. The largest absolute Gasteiger partial charge is 0.398 e. The summed E-state index contributed by atoms with van der Waals surface area (Å²) in [7, 11) is 0. The van der Waals surface area contributed by atoms with Gasteiger partial charge in [0, 0.05) is 17.3 Å². The number of anilines is 3. The van der Waals surface area contributed by atoms with Gasteiger partial charge in [-0.25, -0.2) is 4.98 Å². The monoisotopic (exact) mass is 208 g/mol. The number of aromatic nitrogens is 1. The van der Waals surface area contributed by atoms with Gasteiger partial charge in [0.15, 0.2) is 0 Å². The third-order valence-electron chi connectivity index (χ3n) is 2.49. The van der Waals surface area contributed by atoms with Crippen molar-refractivity contribution >= 4 is 17.3 Å². The van der Waals surface area contributed by atoms with E-state index in [1.54, 1.807) is 6.07 Å². The Balaban J connectivity index is 2.60. The van der Waals surface area contributed by atoms with Gasteiger partial charge in [0.25, 0.3) is 0 Å². The minimum Gasteiger partial charge on any atom is -0.398 e. The van der Waals surface area contributed by atoms with Crippen LogP contribution in [0.2, 0.25) is 0 Å². The zero-order valence-corrected chi connectivity index (χ0v) is 9.29. The molecule has 0 saturated heterocycles. The molecule has 0 radical (unpaired) electrons. The van der Waals surface area contributed by atoms with Gasteiger partial charge in [0.1, 0.15) is 11.6 Å². The summed E-state index contributed by atoms with van der Waals surface area (Å²) in [6.07, 6.45) is 5.69. The first-order valence-electron chi connectivity index (χ1n) is 5.45. The van der Waals surface area contributed by atoms with Gasteiger partial charge in [0.2, 0.25) is 0 Å². The van der Waals surface area contributed by atoms with Gasteiger partial charge >= 0.3 is 0 Å². The summed E-state index contributed by atoms with van der Waals surface area (Å²) in [6, 6.07) is 1.67. The number of hydrogen-bond acceptors (Lipinski definition) is 4. The Labute approximate surface area is 90.9 Å². The van der Waals surface area contributed by atoms with E-state index in [-0.39, 0.29) is 0 Å². The van der Waals surface area contributed by atoms with Crippen LogP contribution >= 0.6 is 0 Å². The fraction of sp³-hybridized carbons (Fsp3) is 0.545. The van der Waals surface area contributed by atoms with Crippen molar-refractivity contribution in [2.24, 2.45) is 0 Å². The second kappa shape index (κ2) is 5.44. The molecular weight excluding hydrogens is 188 g/mol. The molecule has 0 aromatic carbocycles. The molecule has 0 amide bonds. The predicted molar refractivity (Wildman–Crippen MR) is 65.3 cm³/mol. The summed E-state index contributed by atoms with van der Waals surface area (Å²) >= 11 is 0. The van der Waals surface area contributed by atoms with Crippen LogP contribution < -0.4 is 17.2 Å². The molecule has 0 atom stereocenters. The molecule has 0 unspecified atom stereocenters. The molecule has 4 heteroatoms. The van der Waals surface area contributed by atoms with Crippen molar-refractivity contribution in [1.82, 2.24) is 4.98 Å². The number of rotatable bonds is 5. The van der Waals surface area contributed by atoms with Crippen LogP contribution in [0.25, 0.3) is 0 Å². The number of nitrogens with zero attached hydrogens (tertiary/aromatic N) is 1. The molecule has 0 fully saturated rings. The number of unbranched alkanes of at least 4 members (excludes halogenated alkanes) is 3. The number of pyridine rings is 1. The van der Waals surface area contributed by atoms with Crippen molar-refractivity contribution in [3.8, 4) is 0 Å². The lowest BCUT2D eigenvalue weighted by molar-refractivity contribution is 0.667. The summed E-state index contributed by atoms with van der Waals surface area (Å²) in [4.78, 5) is 4.01. The zero-order valence-electron chi connectivity index (χ0n) is 9.29. The van der Waals surface area contributed by atoms with E-state index in [0.717, 1.165) is 18.4 Å². The Bertz CT molecular complexity index is 299. The van der Waals surface area contributed by atoms with Crippen molar-refractivity contribution in [2.45, 2.75) is 39.0 Å². The average molecular weight is 208 g/mol. The average Bonchev–Trinajstić information content (AvgIpc) is 2.15. The summed E-state index contributed by atoms with van der Waals surface area (Å²) in [5.74, 6) is 0.867. The summed E-state index contributed by atoms with van der Waals surface area (Å²) in [6.45, 7) is 2.19. The molecule has 0 spiro atoms. The molecule has 84 valence electrons. The molecular formula is C11H20N4. The van der Waals surface area contributed by atoms with E-state index in [1.807, 2.05) is 0 Å². The fourth-order valence-electron chi connectivity index (χ4n) is 1.63. The first kappa shape index (κ1) is 11.6. The normalized spacial score (nSPS) is 10.5. The fourth-order valence-corrected chi connectivity index (χ4v) is 1.63. The van der Waals surface area contributed by atoms with E-state index in [4.69, 9.17) is 17.2 Å². The van der Waals surface area contributed by atoms with Crippen molar-refractivity contribution in [2.75, 3.05) is 17.2 Å².